The first kappa shape index (κ1) is 66.6. The number of nitrogens with two attached hydrogens (primary N) is 7. The molecule has 480 valence electrons. The van der Waals surface area contributed by atoms with Gasteiger partial charge in [0, 0.05) is 131 Å². The van der Waals surface area contributed by atoms with E-state index in [0.717, 1.165) is 0 Å². The summed E-state index contributed by atoms with van der Waals surface area (Å²) < 4.78 is 31.2. The van der Waals surface area contributed by atoms with Gasteiger partial charge in [-0.25, -0.2) is 19.5 Å². The van der Waals surface area contributed by atoms with Crippen molar-refractivity contribution in [1.82, 2.24) is 30.2 Å². The fourth-order valence-corrected chi connectivity index (χ4v) is 15.8. The maximum atomic E-state index is 14.2. The van der Waals surface area contributed by atoms with Crippen LogP contribution in [0.3, 0.4) is 0 Å². The Hall–Kier alpha value is -7.34. The van der Waals surface area contributed by atoms with Gasteiger partial charge in [0.1, 0.15) is 36.5 Å². The number of nitrogens with one attached hydrogen (secondary N) is 2. The third-order valence-corrected chi connectivity index (χ3v) is 20.6. The SMILES string of the molecule is CC1=C2N=C(C=C3N/C(=C(/C)C4=N[C@@](C)([C@@H]5N=C1[C@@](C)(CCC(=O)NCCOP(=O)(O)O[C@H]1[C@@H](O)[C@@H](n6cnc7ncnc(N)c76)O[C@@H]1CO)[C@H]5CC(N)=O)[C@@](C)(CC(N)=O)[C@@H]4CCC(N)=O)[C@@](C)(CC(N)=O)[C@@H]3CCC(N)=O)C(C)(C)[C@@H]2CCC(N)=O. The topological polar surface area (TPSA) is 512 Å². The van der Waals surface area contributed by atoms with E-state index in [9.17, 15) is 53.2 Å². The summed E-state index contributed by atoms with van der Waals surface area (Å²) in [7, 11) is -5.06. The Morgan fingerprint density at radius 2 is 1.43 bits per heavy atom. The lowest BCUT2D eigenvalue weighted by atomic mass is 9.55. The molecule has 8 rings (SSSR count). The predicted octanol–water partition coefficient (Wildman–Crippen LogP) is 0.530. The third kappa shape index (κ3) is 12.4. The Labute approximate surface area is 508 Å². The number of aromatic nitrogens is 4. The second-order valence-electron chi connectivity index (χ2n) is 25.6. The normalized spacial score (nSPS) is 32.9. The first-order chi connectivity index (χ1) is 41.0. The Bertz CT molecular complexity index is 3450. The van der Waals surface area contributed by atoms with Gasteiger partial charge in [-0.3, -0.25) is 62.2 Å². The molecule has 88 heavy (non-hydrogen) atoms. The zero-order chi connectivity index (χ0) is 65.0. The minimum Gasteiger partial charge on any atom is -0.394 e. The molecule has 0 radical (unpaired) electrons. The van der Waals surface area contributed by atoms with Crippen molar-refractivity contribution < 1.29 is 67.0 Å². The van der Waals surface area contributed by atoms with Gasteiger partial charge in [-0.05, 0) is 63.7 Å². The maximum absolute atomic E-state index is 14.2. The van der Waals surface area contributed by atoms with Crippen LogP contribution in [-0.4, -0.2) is 143 Å². The number of aliphatic imine (C=N–C) groups is 3. The van der Waals surface area contributed by atoms with Crippen LogP contribution in [0.4, 0.5) is 5.82 Å². The molecule has 0 saturated carbocycles. The number of anilines is 1. The van der Waals surface area contributed by atoms with Gasteiger partial charge in [0.15, 0.2) is 17.7 Å². The standard InChI is InChI=1S/C57H83N16O14P/c1-26-42-29(10-13-36(59)76)53(3,4)34(70-42)20-32-28(9-12-35(58)75)55(6,21-39(62)79)48(69-32)27(2)43-30(11-14-37(60)77)56(7,22-40(63)80)57(8,72-43)49-31(19-38(61)78)54(5,47(26)71-49)16-15-41(81)65-17-18-85-88(83,84)87-46-33(23-74)86-52(45(46)82)73-25-68-51-44(73)50(64)66-24-67-51/h20,24-25,28-31,33,45-46,49,52,69,74,82H,9-19,21-23H2,1-8H3,(H2,58,75)(H2,59,76)(H2,60,77)(H2,61,78)(H2,62,79)(H2,63,80)(H,65,81)(H,83,84)(H2,64,66,67)/b32-20?,42-26?,48-27-/t28-,29-,30-,31+,33-,45-,46-,49-,52+,54+,55+,56+,57+/m1/s1. The molecule has 6 aliphatic rings. The lowest BCUT2D eigenvalue weighted by molar-refractivity contribution is -0.124. The minimum absolute atomic E-state index is 0.00304. The summed E-state index contributed by atoms with van der Waals surface area (Å²) in [5.41, 5.74) is 40.4. The Morgan fingerprint density at radius 3 is 2.03 bits per heavy atom. The van der Waals surface area contributed by atoms with E-state index < -0.39 is 144 Å². The summed E-state index contributed by atoms with van der Waals surface area (Å²) in [4.78, 5) is 133. The lowest BCUT2D eigenvalue weighted by Crippen LogP contribution is -2.56. The highest BCUT2D eigenvalue weighted by molar-refractivity contribution is 7.47. The molecule has 19 N–H and O–H groups in total. The van der Waals surface area contributed by atoms with Crippen molar-refractivity contribution in [2.24, 2.45) is 94.7 Å². The van der Waals surface area contributed by atoms with Crippen molar-refractivity contribution in [1.29, 1.82) is 0 Å². The second-order valence-corrected chi connectivity index (χ2v) is 27.0. The molecule has 7 amide bonds. The molecule has 2 saturated heterocycles. The highest BCUT2D eigenvalue weighted by atomic mass is 31.2. The number of nitrogen functional groups attached to an aromatic ring is 1. The first-order valence-corrected chi connectivity index (χ1v) is 30.7. The number of imidazole rings is 1. The molecule has 31 heteroatoms. The smallest absolute Gasteiger partial charge is 0.394 e. The van der Waals surface area contributed by atoms with Crippen LogP contribution in [-0.2, 0) is 51.9 Å². The number of carbonyl (C=O) groups is 7. The monoisotopic (exact) mass is 1250 g/mol. The van der Waals surface area contributed by atoms with Crippen LogP contribution in [0.25, 0.3) is 11.2 Å². The predicted molar refractivity (Wildman–Crippen MR) is 320 cm³/mol. The molecule has 0 aliphatic carbocycles. The molecular weight excluding hydrogens is 1160 g/mol. The van der Waals surface area contributed by atoms with Gasteiger partial charge in [0.25, 0.3) is 0 Å². The van der Waals surface area contributed by atoms with Crippen LogP contribution in [0, 0.1) is 45.3 Å². The summed E-state index contributed by atoms with van der Waals surface area (Å²) in [6.45, 7) is 13.3. The van der Waals surface area contributed by atoms with E-state index in [1.807, 2.05) is 54.5 Å². The van der Waals surface area contributed by atoms with E-state index >= 15 is 0 Å². The number of fused-ring (bicyclic) bond motifs is 7. The summed E-state index contributed by atoms with van der Waals surface area (Å²) in [6.07, 6.45) is -2.55. The van der Waals surface area contributed by atoms with Crippen LogP contribution in [0.5, 0.6) is 0 Å². The largest absolute Gasteiger partial charge is 0.472 e. The number of hydrogen-bond acceptors (Lipinski definition) is 21. The molecule has 0 aromatic carbocycles. The molecule has 8 heterocycles. The fourth-order valence-electron chi connectivity index (χ4n) is 14.9. The van der Waals surface area contributed by atoms with Gasteiger partial charge >= 0.3 is 7.82 Å². The molecule has 2 aromatic rings. The lowest BCUT2D eigenvalue weighted by Gasteiger charge is -2.48. The average molecular weight is 1250 g/mol. The number of aliphatic hydroxyl groups is 2. The van der Waals surface area contributed by atoms with Crippen molar-refractivity contribution in [2.45, 2.75) is 162 Å². The van der Waals surface area contributed by atoms with Crippen molar-refractivity contribution in [3.8, 4) is 0 Å². The first-order valence-electron chi connectivity index (χ1n) is 29.2. The van der Waals surface area contributed by atoms with Crippen molar-refractivity contribution in [3.05, 3.63) is 47.0 Å². The molecule has 30 nitrogen and oxygen atoms in total. The molecular formula is C57H83N16O14P. The summed E-state index contributed by atoms with van der Waals surface area (Å²) in [6, 6.07) is -1.05. The summed E-state index contributed by atoms with van der Waals surface area (Å²) in [5, 5.41) is 27.8. The van der Waals surface area contributed by atoms with E-state index in [1.165, 1.54) is 17.2 Å². The second kappa shape index (κ2) is 24.9. The van der Waals surface area contributed by atoms with E-state index in [1.54, 1.807) is 6.92 Å². The molecule has 2 aromatic heterocycles. The van der Waals surface area contributed by atoms with E-state index in [-0.39, 0.29) is 94.2 Å². The molecule has 2 fully saturated rings. The number of amides is 7. The van der Waals surface area contributed by atoms with E-state index in [0.29, 0.717) is 45.4 Å². The van der Waals surface area contributed by atoms with Crippen LogP contribution in [0.2, 0.25) is 0 Å². The van der Waals surface area contributed by atoms with Gasteiger partial charge in [0.2, 0.25) is 41.4 Å². The van der Waals surface area contributed by atoms with Gasteiger partial charge in [-0.2, -0.15) is 0 Å². The number of rotatable bonds is 26. The summed E-state index contributed by atoms with van der Waals surface area (Å²) >= 11 is 0. The van der Waals surface area contributed by atoms with Crippen LogP contribution >= 0.6 is 7.82 Å². The van der Waals surface area contributed by atoms with Crippen LogP contribution in [0.15, 0.2) is 61.9 Å². The van der Waals surface area contributed by atoms with Crippen LogP contribution in [0.1, 0.15) is 132 Å². The zero-order valence-electron chi connectivity index (χ0n) is 50.8. The van der Waals surface area contributed by atoms with Crippen LogP contribution < -0.4 is 50.8 Å². The average Bonchev–Trinajstić information content (AvgIpc) is 1.55. The van der Waals surface area contributed by atoms with Crippen molar-refractivity contribution in [3.63, 3.8) is 0 Å². The molecule has 14 atom stereocenters. The zero-order valence-corrected chi connectivity index (χ0v) is 51.7. The highest BCUT2D eigenvalue weighted by Gasteiger charge is 2.66. The number of primary amides is 6. The minimum atomic E-state index is -5.06. The van der Waals surface area contributed by atoms with Gasteiger partial charge in [-0.1, -0.05) is 34.6 Å². The Kier molecular flexibility index (Phi) is 18.9. The van der Waals surface area contributed by atoms with Gasteiger partial charge in [0.05, 0.1) is 24.8 Å². The number of nitrogens with zero attached hydrogens (tertiary/aromatic N) is 7. The van der Waals surface area contributed by atoms with Crippen molar-refractivity contribution >= 4 is 83.3 Å². The van der Waals surface area contributed by atoms with Crippen molar-refractivity contribution in [2.75, 3.05) is 25.5 Å². The summed E-state index contributed by atoms with van der Waals surface area (Å²) in [5.74, 6) is -7.25. The number of phosphoric ester groups is 1. The number of aliphatic hydroxyl groups excluding tert-OH is 2. The number of allylic oxidation sites excluding steroid dienone is 6. The van der Waals surface area contributed by atoms with Gasteiger partial charge in [-0.15, -0.1) is 0 Å². The van der Waals surface area contributed by atoms with Gasteiger partial charge < -0.3 is 70.6 Å². The fraction of sp³-hybridized carbons (Fsp3) is 0.632. The number of hydrogen-bond donors (Lipinski definition) is 12. The third-order valence-electron chi connectivity index (χ3n) is 19.6. The van der Waals surface area contributed by atoms with E-state index in [4.69, 9.17) is 68.9 Å². The van der Waals surface area contributed by atoms with E-state index in [2.05, 4.69) is 25.6 Å². The maximum Gasteiger partial charge on any atom is 0.472 e. The Morgan fingerprint density at radius 1 is 0.807 bits per heavy atom. The molecule has 0 spiro atoms. The Balaban J connectivity index is 1.19. The number of carbonyl (C=O) groups excluding carboxylic acids is 7. The molecule has 8 bridgehead atoms. The molecule has 6 aliphatic heterocycles. The molecule has 1 unspecified atom stereocenters. The highest BCUT2D eigenvalue weighted by Crippen LogP contribution is 2.62. The quantitative estimate of drug-likeness (QED) is 0.0451. The number of phosphoric acid groups is 1. The number of ether oxygens (including phenoxy) is 1.